The fraction of sp³-hybridized carbons (Fsp3) is 0.308. The molecule has 0 spiro atoms. The Morgan fingerprint density at radius 2 is 1.71 bits per heavy atom. The van der Waals surface area contributed by atoms with Crippen LogP contribution in [0.3, 0.4) is 0 Å². The third-order valence-corrected chi connectivity index (χ3v) is 5.79. The van der Waals surface area contributed by atoms with Crippen molar-refractivity contribution in [3.05, 3.63) is 82.4 Å². The summed E-state index contributed by atoms with van der Waals surface area (Å²) < 4.78 is 5.44. The number of rotatable bonds is 6. The van der Waals surface area contributed by atoms with Gasteiger partial charge in [0, 0.05) is 17.3 Å². The van der Waals surface area contributed by atoms with E-state index in [9.17, 15) is 14.9 Å². The van der Waals surface area contributed by atoms with Crippen LogP contribution in [0.1, 0.15) is 45.6 Å². The highest BCUT2D eigenvalue weighted by Crippen LogP contribution is 2.42. The van der Waals surface area contributed by atoms with Gasteiger partial charge in [-0.3, -0.25) is 10.1 Å². The maximum atomic E-state index is 12.4. The monoisotopic (exact) mass is 460 g/mol. The van der Waals surface area contributed by atoms with Crippen LogP contribution in [0.25, 0.3) is 11.3 Å². The predicted octanol–water partition coefficient (Wildman–Crippen LogP) is 6.30. The number of carbonyl (C=O) groups excluding carboxylic acids is 1. The minimum Gasteiger partial charge on any atom is -0.444 e. The molecule has 4 rings (SSSR count). The molecule has 1 amide bonds. The van der Waals surface area contributed by atoms with Crippen LogP contribution in [0.15, 0.2) is 66.7 Å². The molecule has 0 saturated heterocycles. The molecule has 8 heteroatoms. The maximum Gasteiger partial charge on any atom is 0.408 e. The first-order valence-corrected chi connectivity index (χ1v) is 11.2. The van der Waals surface area contributed by atoms with E-state index in [0.717, 1.165) is 30.4 Å². The van der Waals surface area contributed by atoms with Crippen LogP contribution in [0.5, 0.6) is 0 Å². The van der Waals surface area contributed by atoms with Gasteiger partial charge in [-0.25, -0.2) is 9.78 Å². The van der Waals surface area contributed by atoms with E-state index in [1.807, 2.05) is 75.4 Å². The van der Waals surface area contributed by atoms with Crippen molar-refractivity contribution in [1.82, 2.24) is 10.3 Å². The second-order valence-electron chi connectivity index (χ2n) is 9.45. The zero-order valence-corrected chi connectivity index (χ0v) is 19.5. The second-order valence-corrected chi connectivity index (χ2v) is 9.45. The van der Waals surface area contributed by atoms with Gasteiger partial charge in [0.1, 0.15) is 5.60 Å². The summed E-state index contributed by atoms with van der Waals surface area (Å²) in [5, 5.41) is 17.7. The third-order valence-electron chi connectivity index (χ3n) is 5.79. The quantitative estimate of drug-likeness (QED) is 0.330. The number of anilines is 2. The van der Waals surface area contributed by atoms with Crippen LogP contribution < -0.4 is 10.6 Å². The van der Waals surface area contributed by atoms with Gasteiger partial charge in [0.25, 0.3) is 0 Å². The molecule has 1 heterocycles. The Kier molecular flexibility index (Phi) is 6.24. The number of hydrogen-bond acceptors (Lipinski definition) is 6. The molecule has 2 N–H and O–H groups in total. The molecule has 1 aromatic heterocycles. The smallest absolute Gasteiger partial charge is 0.408 e. The van der Waals surface area contributed by atoms with E-state index in [4.69, 9.17) is 4.74 Å². The molecule has 0 radical (unpaired) electrons. The van der Waals surface area contributed by atoms with Gasteiger partial charge in [-0.15, -0.1) is 0 Å². The van der Waals surface area contributed by atoms with Crippen LogP contribution in [-0.4, -0.2) is 21.6 Å². The van der Waals surface area contributed by atoms with Gasteiger partial charge in [-0.05, 0) is 63.8 Å². The number of hydrogen-bond donors (Lipinski definition) is 2. The summed E-state index contributed by atoms with van der Waals surface area (Å²) in [4.78, 5) is 28.0. The minimum absolute atomic E-state index is 0.106. The van der Waals surface area contributed by atoms with Crippen LogP contribution in [0.4, 0.5) is 22.0 Å². The number of carbonyl (C=O) groups is 1. The average molecular weight is 461 g/mol. The third kappa shape index (κ3) is 5.17. The number of aromatic nitrogens is 1. The van der Waals surface area contributed by atoms with Gasteiger partial charge in [0.2, 0.25) is 5.82 Å². The van der Waals surface area contributed by atoms with Gasteiger partial charge in [-0.1, -0.05) is 42.5 Å². The van der Waals surface area contributed by atoms with Gasteiger partial charge in [0.15, 0.2) is 0 Å². The Labute approximate surface area is 198 Å². The SMILES string of the molecule is CC(C)(C)OC(=O)NC1(c2ccc(Nc3nc(-c4ccccc4)ccc3[N+](=O)[O-])cc2)CCC1. The number of nitro groups is 1. The fourth-order valence-electron chi connectivity index (χ4n) is 3.99. The van der Waals surface area contributed by atoms with Gasteiger partial charge < -0.3 is 15.4 Å². The molecule has 0 aliphatic heterocycles. The average Bonchev–Trinajstić information content (AvgIpc) is 2.76. The lowest BCUT2D eigenvalue weighted by Gasteiger charge is -2.43. The number of pyridine rings is 1. The van der Waals surface area contributed by atoms with Crippen LogP contribution in [0, 0.1) is 10.1 Å². The zero-order chi connectivity index (χ0) is 24.3. The highest BCUT2D eigenvalue weighted by atomic mass is 16.6. The molecule has 3 aromatic rings. The summed E-state index contributed by atoms with van der Waals surface area (Å²) in [5.74, 6) is 0.171. The summed E-state index contributed by atoms with van der Waals surface area (Å²) >= 11 is 0. The molecule has 0 unspecified atom stereocenters. The molecular weight excluding hydrogens is 432 g/mol. The summed E-state index contributed by atoms with van der Waals surface area (Å²) in [6.45, 7) is 5.50. The molecule has 2 aromatic carbocycles. The number of alkyl carbamates (subject to hydrolysis) is 1. The van der Waals surface area contributed by atoms with Crippen LogP contribution in [-0.2, 0) is 10.3 Å². The number of amides is 1. The predicted molar refractivity (Wildman–Crippen MR) is 131 cm³/mol. The molecule has 0 bridgehead atoms. The minimum atomic E-state index is -0.571. The first-order chi connectivity index (χ1) is 16.2. The number of benzene rings is 2. The van der Waals surface area contributed by atoms with Gasteiger partial charge >= 0.3 is 11.8 Å². The van der Waals surface area contributed by atoms with Crippen molar-refractivity contribution < 1.29 is 14.5 Å². The van der Waals surface area contributed by atoms with E-state index in [1.165, 1.54) is 6.07 Å². The van der Waals surface area contributed by atoms with E-state index < -0.39 is 22.2 Å². The normalized spacial score (nSPS) is 14.6. The summed E-state index contributed by atoms with van der Waals surface area (Å²) in [6, 6.07) is 20.1. The van der Waals surface area contributed by atoms with Crippen LogP contribution in [0.2, 0.25) is 0 Å². The zero-order valence-electron chi connectivity index (χ0n) is 19.5. The number of nitrogens with one attached hydrogen (secondary N) is 2. The molecule has 34 heavy (non-hydrogen) atoms. The highest BCUT2D eigenvalue weighted by Gasteiger charge is 2.41. The Morgan fingerprint density at radius 3 is 2.26 bits per heavy atom. The second kappa shape index (κ2) is 9.13. The summed E-state index contributed by atoms with van der Waals surface area (Å²) in [5.41, 5.74) is 2.01. The Bertz CT molecular complexity index is 1180. The van der Waals surface area contributed by atoms with Crippen molar-refractivity contribution in [1.29, 1.82) is 0 Å². The lowest BCUT2D eigenvalue weighted by atomic mass is 9.72. The van der Waals surface area contributed by atoms with Gasteiger partial charge in [0.05, 0.1) is 16.2 Å². The summed E-state index contributed by atoms with van der Waals surface area (Å²) in [7, 11) is 0. The summed E-state index contributed by atoms with van der Waals surface area (Å²) in [6.07, 6.45) is 2.22. The van der Waals surface area contributed by atoms with Crippen molar-refractivity contribution in [2.75, 3.05) is 5.32 Å². The molecule has 8 nitrogen and oxygen atoms in total. The van der Waals surface area contributed by atoms with E-state index in [2.05, 4.69) is 15.6 Å². The van der Waals surface area contributed by atoms with Crippen molar-refractivity contribution in [2.24, 2.45) is 0 Å². The van der Waals surface area contributed by atoms with E-state index in [-0.39, 0.29) is 11.5 Å². The molecule has 1 aliphatic carbocycles. The Balaban J connectivity index is 1.55. The maximum absolute atomic E-state index is 12.4. The van der Waals surface area contributed by atoms with Crippen LogP contribution >= 0.6 is 0 Å². The fourth-order valence-corrected chi connectivity index (χ4v) is 3.99. The molecule has 1 saturated carbocycles. The number of nitrogens with zero attached hydrogens (tertiary/aromatic N) is 2. The molecule has 0 atom stereocenters. The number of ether oxygens (including phenoxy) is 1. The molecule has 176 valence electrons. The van der Waals surface area contributed by atoms with Crippen molar-refractivity contribution in [3.8, 4) is 11.3 Å². The molecule has 1 fully saturated rings. The van der Waals surface area contributed by atoms with Crippen molar-refractivity contribution in [3.63, 3.8) is 0 Å². The first kappa shape index (κ1) is 23.2. The van der Waals surface area contributed by atoms with E-state index in [1.54, 1.807) is 6.07 Å². The van der Waals surface area contributed by atoms with Crippen molar-refractivity contribution in [2.45, 2.75) is 51.2 Å². The lowest BCUT2D eigenvalue weighted by molar-refractivity contribution is -0.384. The topological polar surface area (TPSA) is 106 Å². The van der Waals surface area contributed by atoms with Gasteiger partial charge in [-0.2, -0.15) is 0 Å². The molecule has 1 aliphatic rings. The molecular formula is C26H28N4O4. The van der Waals surface area contributed by atoms with E-state index in [0.29, 0.717) is 11.4 Å². The largest absolute Gasteiger partial charge is 0.444 e. The van der Waals surface area contributed by atoms with E-state index >= 15 is 0 Å². The van der Waals surface area contributed by atoms with Crippen molar-refractivity contribution >= 4 is 23.3 Å². The Morgan fingerprint density at radius 1 is 1.03 bits per heavy atom. The lowest BCUT2D eigenvalue weighted by Crippen LogP contribution is -2.52. The standard InChI is InChI=1S/C26H28N4O4/c1-25(2,3)34-24(31)29-26(16-7-17-26)19-10-12-20(13-11-19)27-23-22(30(32)33)15-14-21(28-23)18-8-5-4-6-9-18/h4-6,8-15H,7,16-17H2,1-3H3,(H,27,28)(H,29,31). The highest BCUT2D eigenvalue weighted by molar-refractivity contribution is 5.72. The Hall–Kier alpha value is -3.94. The first-order valence-electron chi connectivity index (χ1n) is 11.2.